The molecule has 0 spiro atoms. The van der Waals surface area contributed by atoms with Gasteiger partial charge in [-0.1, -0.05) is 12.1 Å². The summed E-state index contributed by atoms with van der Waals surface area (Å²) in [6, 6.07) is 10.4. The van der Waals surface area contributed by atoms with Crippen LogP contribution in [0.2, 0.25) is 0 Å². The van der Waals surface area contributed by atoms with Crippen molar-refractivity contribution < 1.29 is 27.8 Å². The van der Waals surface area contributed by atoms with Gasteiger partial charge in [-0.15, -0.1) is 0 Å². The van der Waals surface area contributed by atoms with E-state index in [0.717, 1.165) is 23.3 Å². The number of hydrogen-bond acceptors (Lipinski definition) is 6. The molecule has 3 rings (SSSR count). The fourth-order valence-corrected chi connectivity index (χ4v) is 5.17. The van der Waals surface area contributed by atoms with Crippen LogP contribution in [0, 0.1) is 13.8 Å². The maximum atomic E-state index is 12.7. The molecule has 0 amide bonds. The summed E-state index contributed by atoms with van der Waals surface area (Å²) in [4.78, 5) is 0. The van der Waals surface area contributed by atoms with Gasteiger partial charge in [0.25, 0.3) is 0 Å². The van der Waals surface area contributed by atoms with Crippen LogP contribution in [-0.4, -0.2) is 33.5 Å². The Labute approximate surface area is 191 Å². The van der Waals surface area contributed by atoms with Crippen LogP contribution in [0.4, 0.5) is 0 Å². The molecular formula is C25H35O6P. The molecule has 2 aromatic carbocycles. The molecular weight excluding hydrogens is 427 g/mol. The van der Waals surface area contributed by atoms with Gasteiger partial charge in [0.15, 0.2) is 13.1 Å². The first-order chi connectivity index (χ1) is 15.4. The highest BCUT2D eigenvalue weighted by molar-refractivity contribution is 7.53. The van der Waals surface area contributed by atoms with E-state index in [2.05, 4.69) is 32.0 Å². The van der Waals surface area contributed by atoms with E-state index >= 15 is 0 Å². The lowest BCUT2D eigenvalue weighted by Crippen LogP contribution is -2.06. The smallest absolute Gasteiger partial charge is 0.367 e. The fourth-order valence-electron chi connectivity index (χ4n) is 3.85. The van der Waals surface area contributed by atoms with E-state index in [1.54, 1.807) is 21.0 Å². The number of rotatable bonds is 13. The van der Waals surface area contributed by atoms with Gasteiger partial charge in [0.1, 0.15) is 11.5 Å². The fraction of sp³-hybridized carbons (Fsp3) is 0.520. The predicted molar refractivity (Wildman–Crippen MR) is 126 cm³/mol. The van der Waals surface area contributed by atoms with E-state index < -0.39 is 7.60 Å². The third-order valence-electron chi connectivity index (χ3n) is 5.52. The van der Waals surface area contributed by atoms with Crippen LogP contribution in [0.1, 0.15) is 60.4 Å². The second-order valence-corrected chi connectivity index (χ2v) is 10.1. The molecule has 0 N–H and O–H groups in total. The van der Waals surface area contributed by atoms with Crippen LogP contribution in [0.15, 0.2) is 30.3 Å². The SMILES string of the molecule is CCOP(=O)(COc1cc(C)c(Cc2ccc(OCOC)c(C3CC3)c2)c(C)c1)OCC. The number of methoxy groups -OCH3 is 1. The Morgan fingerprint density at radius 3 is 2.19 bits per heavy atom. The molecule has 0 saturated heterocycles. The molecule has 1 saturated carbocycles. The highest BCUT2D eigenvalue weighted by atomic mass is 31.2. The minimum Gasteiger partial charge on any atom is -0.481 e. The molecule has 1 aliphatic rings. The monoisotopic (exact) mass is 462 g/mol. The van der Waals surface area contributed by atoms with Crippen molar-refractivity contribution in [2.75, 3.05) is 33.5 Å². The Morgan fingerprint density at radius 2 is 1.62 bits per heavy atom. The molecule has 0 aliphatic heterocycles. The van der Waals surface area contributed by atoms with Crippen molar-refractivity contribution in [2.45, 2.75) is 52.9 Å². The van der Waals surface area contributed by atoms with Crippen molar-refractivity contribution in [2.24, 2.45) is 0 Å². The van der Waals surface area contributed by atoms with Crippen molar-refractivity contribution in [1.82, 2.24) is 0 Å². The van der Waals surface area contributed by atoms with E-state index in [1.165, 1.54) is 29.5 Å². The minimum atomic E-state index is -3.25. The lowest BCUT2D eigenvalue weighted by molar-refractivity contribution is 0.0504. The Kier molecular flexibility index (Phi) is 8.78. The first-order valence-electron chi connectivity index (χ1n) is 11.2. The summed E-state index contributed by atoms with van der Waals surface area (Å²) in [5, 5.41) is 0. The highest BCUT2D eigenvalue weighted by Crippen LogP contribution is 2.48. The van der Waals surface area contributed by atoms with Crippen molar-refractivity contribution in [3.05, 3.63) is 58.1 Å². The molecule has 176 valence electrons. The maximum absolute atomic E-state index is 12.7. The third-order valence-corrected chi connectivity index (χ3v) is 7.26. The van der Waals surface area contributed by atoms with E-state index in [9.17, 15) is 4.57 Å². The molecule has 6 nitrogen and oxygen atoms in total. The van der Waals surface area contributed by atoms with Gasteiger partial charge in [0.05, 0.1) is 13.2 Å². The molecule has 0 atom stereocenters. The van der Waals surface area contributed by atoms with Crippen LogP contribution in [0.3, 0.4) is 0 Å². The van der Waals surface area contributed by atoms with Crippen LogP contribution in [0.5, 0.6) is 11.5 Å². The van der Waals surface area contributed by atoms with Crippen molar-refractivity contribution in [1.29, 1.82) is 0 Å². The number of ether oxygens (including phenoxy) is 3. The van der Waals surface area contributed by atoms with Crippen LogP contribution < -0.4 is 9.47 Å². The average molecular weight is 463 g/mol. The average Bonchev–Trinajstić information content (AvgIpc) is 3.59. The Morgan fingerprint density at radius 1 is 0.969 bits per heavy atom. The molecule has 2 aromatic rings. The molecule has 1 aliphatic carbocycles. The summed E-state index contributed by atoms with van der Waals surface area (Å²) in [6.07, 6.45) is 3.16. The van der Waals surface area contributed by atoms with E-state index in [1.807, 2.05) is 12.1 Å². The zero-order valence-electron chi connectivity index (χ0n) is 19.8. The predicted octanol–water partition coefficient (Wildman–Crippen LogP) is 6.36. The lowest BCUT2D eigenvalue weighted by Gasteiger charge is -2.19. The summed E-state index contributed by atoms with van der Waals surface area (Å²) in [6.45, 7) is 8.64. The van der Waals surface area contributed by atoms with Crippen molar-refractivity contribution in [3.63, 3.8) is 0 Å². The van der Waals surface area contributed by atoms with E-state index in [0.29, 0.717) is 24.9 Å². The largest absolute Gasteiger partial charge is 0.481 e. The Balaban J connectivity index is 1.74. The second-order valence-electron chi connectivity index (χ2n) is 8.13. The quantitative estimate of drug-likeness (QED) is 0.255. The molecule has 7 heteroatoms. The number of aryl methyl sites for hydroxylation is 2. The van der Waals surface area contributed by atoms with Crippen LogP contribution in [-0.2, 0) is 24.8 Å². The Bertz CT molecular complexity index is 920. The Hall–Kier alpha value is -1.85. The molecule has 32 heavy (non-hydrogen) atoms. The zero-order chi connectivity index (χ0) is 23.1. The summed E-state index contributed by atoms with van der Waals surface area (Å²) in [5.74, 6) is 2.18. The first-order valence-corrected chi connectivity index (χ1v) is 13.0. The van der Waals surface area contributed by atoms with Gasteiger partial charge in [-0.05, 0) is 98.9 Å². The lowest BCUT2D eigenvalue weighted by atomic mass is 9.94. The molecule has 0 aromatic heterocycles. The summed E-state index contributed by atoms with van der Waals surface area (Å²) in [7, 11) is -1.61. The van der Waals surface area contributed by atoms with Gasteiger partial charge < -0.3 is 23.3 Å². The summed E-state index contributed by atoms with van der Waals surface area (Å²) in [5.41, 5.74) is 6.07. The standard InChI is InChI=1S/C25H35O6P/c1-6-30-32(26,31-7-2)17-29-22-12-18(3)23(19(4)13-22)14-20-8-11-25(28-16-27-5)24(15-20)21-9-10-21/h8,11-13,15,21H,6-7,9-10,14,16-17H2,1-5H3. The summed E-state index contributed by atoms with van der Waals surface area (Å²) >= 11 is 0. The highest BCUT2D eigenvalue weighted by Gasteiger charge is 2.27. The van der Waals surface area contributed by atoms with Gasteiger partial charge >= 0.3 is 7.60 Å². The van der Waals surface area contributed by atoms with Gasteiger partial charge in [-0.2, -0.15) is 0 Å². The topological polar surface area (TPSA) is 63.2 Å². The molecule has 1 fully saturated rings. The van der Waals surface area contributed by atoms with Crippen LogP contribution in [0.25, 0.3) is 0 Å². The van der Waals surface area contributed by atoms with Gasteiger partial charge in [0.2, 0.25) is 0 Å². The van der Waals surface area contributed by atoms with Gasteiger partial charge in [-0.25, -0.2) is 0 Å². The number of benzene rings is 2. The second kappa shape index (κ2) is 11.3. The van der Waals surface area contributed by atoms with Crippen molar-refractivity contribution >= 4 is 7.60 Å². The maximum Gasteiger partial charge on any atom is 0.367 e. The third kappa shape index (κ3) is 6.58. The van der Waals surface area contributed by atoms with Crippen LogP contribution >= 0.6 is 7.60 Å². The number of hydrogen-bond donors (Lipinski definition) is 0. The molecule has 0 bridgehead atoms. The van der Waals surface area contributed by atoms with Gasteiger partial charge in [0, 0.05) is 7.11 Å². The normalized spacial score (nSPS) is 13.9. The van der Waals surface area contributed by atoms with E-state index in [4.69, 9.17) is 23.3 Å². The summed E-state index contributed by atoms with van der Waals surface area (Å²) < 4.78 is 39.9. The molecule has 0 radical (unpaired) electrons. The molecule has 0 unspecified atom stereocenters. The van der Waals surface area contributed by atoms with Crippen molar-refractivity contribution in [3.8, 4) is 11.5 Å². The zero-order valence-corrected chi connectivity index (χ0v) is 20.7. The van der Waals surface area contributed by atoms with Gasteiger partial charge in [-0.3, -0.25) is 4.57 Å². The molecule has 0 heterocycles. The van der Waals surface area contributed by atoms with E-state index in [-0.39, 0.29) is 13.1 Å². The minimum absolute atomic E-state index is 0.0966. The first kappa shape index (κ1) is 24.8.